The summed E-state index contributed by atoms with van der Waals surface area (Å²) in [5.74, 6) is 0.808. The van der Waals surface area contributed by atoms with Crippen LogP contribution in [0.25, 0.3) is 0 Å². The van der Waals surface area contributed by atoms with Gasteiger partial charge in [0, 0.05) is 30.1 Å². The van der Waals surface area contributed by atoms with Crippen LogP contribution < -0.4 is 14.8 Å². The molecule has 0 fully saturated rings. The average molecular weight is 451 g/mol. The molecule has 1 N–H and O–H groups in total. The van der Waals surface area contributed by atoms with Gasteiger partial charge in [0.05, 0.1) is 26.2 Å². The Bertz CT molecular complexity index is 1110. The highest BCUT2D eigenvalue weighted by atomic mass is 32.1. The van der Waals surface area contributed by atoms with Crippen molar-refractivity contribution in [1.82, 2.24) is 10.2 Å². The fraction of sp³-hybridized carbons (Fsp3) is 0.280. The van der Waals surface area contributed by atoms with Gasteiger partial charge in [0.25, 0.3) is 5.91 Å². The van der Waals surface area contributed by atoms with E-state index in [1.807, 2.05) is 53.9 Å². The quantitative estimate of drug-likeness (QED) is 0.590. The van der Waals surface area contributed by atoms with Crippen LogP contribution >= 0.6 is 11.3 Å². The summed E-state index contributed by atoms with van der Waals surface area (Å²) in [6.45, 7) is 0.453. The number of fused-ring (bicyclic) bond motifs is 1. The number of carbonyl (C=O) groups excluding carboxylic acids is 2. The number of benzene rings is 2. The summed E-state index contributed by atoms with van der Waals surface area (Å²) < 4.78 is 10.7. The summed E-state index contributed by atoms with van der Waals surface area (Å²) in [7, 11) is 5.00. The number of nitrogens with zero attached hydrogens (tertiary/aromatic N) is 1. The summed E-state index contributed by atoms with van der Waals surface area (Å²) in [5, 5.41) is 5.06. The Hall–Kier alpha value is -3.32. The van der Waals surface area contributed by atoms with Crippen LogP contribution in [0.15, 0.2) is 60.0 Å². The van der Waals surface area contributed by atoms with Crippen molar-refractivity contribution in [2.24, 2.45) is 0 Å². The molecule has 1 aromatic heterocycles. The van der Waals surface area contributed by atoms with E-state index in [1.165, 1.54) is 0 Å². The van der Waals surface area contributed by atoms with E-state index in [9.17, 15) is 9.59 Å². The van der Waals surface area contributed by atoms with Gasteiger partial charge in [0.2, 0.25) is 5.91 Å². The third-order valence-electron chi connectivity index (χ3n) is 5.88. The molecule has 0 unspecified atom stereocenters. The SMILES string of the molecule is COc1ccc(CCNC(=O)[C@@H]2c3ccccc3C(=O)N(C)[C@@H]2c2cccs2)c(OC)c1. The van der Waals surface area contributed by atoms with Gasteiger partial charge in [-0.2, -0.15) is 0 Å². The molecule has 0 spiro atoms. The molecule has 32 heavy (non-hydrogen) atoms. The molecule has 166 valence electrons. The third-order valence-corrected chi connectivity index (χ3v) is 6.83. The highest BCUT2D eigenvalue weighted by Gasteiger charge is 2.42. The van der Waals surface area contributed by atoms with Gasteiger partial charge >= 0.3 is 0 Å². The lowest BCUT2D eigenvalue weighted by Gasteiger charge is -2.39. The Morgan fingerprint density at radius 1 is 1.09 bits per heavy atom. The molecule has 0 aliphatic carbocycles. The predicted octanol–water partition coefficient (Wildman–Crippen LogP) is 4.03. The standard InChI is InChI=1S/C25H26N2O4S/c1-27-23(21-9-6-14-32-21)22(18-7-4-5-8-19(18)25(27)29)24(28)26-13-12-16-10-11-17(30-2)15-20(16)31-3/h4-11,14-15,22-23H,12-13H2,1-3H3,(H,26,28)/t22-,23-/m1/s1. The number of hydrogen-bond donors (Lipinski definition) is 1. The van der Waals surface area contributed by atoms with Gasteiger partial charge in [-0.05, 0) is 41.1 Å². The number of ether oxygens (including phenoxy) is 2. The number of nitrogens with one attached hydrogen (secondary N) is 1. The number of rotatable bonds is 7. The van der Waals surface area contributed by atoms with Gasteiger partial charge < -0.3 is 19.7 Å². The summed E-state index contributed by atoms with van der Waals surface area (Å²) in [5.41, 5.74) is 2.34. The number of methoxy groups -OCH3 is 2. The zero-order valence-corrected chi connectivity index (χ0v) is 19.1. The van der Waals surface area contributed by atoms with Crippen molar-refractivity contribution in [2.45, 2.75) is 18.4 Å². The molecule has 4 rings (SSSR count). The van der Waals surface area contributed by atoms with Crippen LogP contribution in [0.3, 0.4) is 0 Å². The zero-order chi connectivity index (χ0) is 22.7. The molecule has 6 nitrogen and oxygen atoms in total. The normalized spacial score (nSPS) is 17.6. The van der Waals surface area contributed by atoms with Crippen LogP contribution in [0.2, 0.25) is 0 Å². The van der Waals surface area contributed by atoms with Gasteiger partial charge in [-0.1, -0.05) is 30.3 Å². The zero-order valence-electron chi connectivity index (χ0n) is 18.3. The van der Waals surface area contributed by atoms with E-state index in [4.69, 9.17) is 9.47 Å². The van der Waals surface area contributed by atoms with Gasteiger partial charge in [-0.15, -0.1) is 11.3 Å². The Kier molecular flexibility index (Phi) is 6.46. The Morgan fingerprint density at radius 2 is 1.91 bits per heavy atom. The summed E-state index contributed by atoms with van der Waals surface area (Å²) in [6, 6.07) is 16.6. The second-order valence-electron chi connectivity index (χ2n) is 7.66. The minimum absolute atomic E-state index is 0.0639. The largest absolute Gasteiger partial charge is 0.497 e. The van der Waals surface area contributed by atoms with Crippen LogP contribution in [0.4, 0.5) is 0 Å². The van der Waals surface area contributed by atoms with Gasteiger partial charge in [0.15, 0.2) is 0 Å². The molecule has 0 radical (unpaired) electrons. The molecule has 0 saturated carbocycles. The molecular weight excluding hydrogens is 424 g/mol. The smallest absolute Gasteiger partial charge is 0.254 e. The molecule has 7 heteroatoms. The number of hydrogen-bond acceptors (Lipinski definition) is 5. The van der Waals surface area contributed by atoms with Crippen molar-refractivity contribution in [3.8, 4) is 11.5 Å². The van der Waals surface area contributed by atoms with E-state index in [2.05, 4.69) is 5.32 Å². The molecule has 0 saturated heterocycles. The topological polar surface area (TPSA) is 67.9 Å². The molecule has 2 amide bonds. The van der Waals surface area contributed by atoms with E-state index in [-0.39, 0.29) is 17.9 Å². The molecular formula is C25H26N2O4S. The predicted molar refractivity (Wildman–Crippen MR) is 125 cm³/mol. The van der Waals surface area contributed by atoms with Gasteiger partial charge in [-0.25, -0.2) is 0 Å². The third kappa shape index (κ3) is 4.08. The maximum Gasteiger partial charge on any atom is 0.254 e. The molecule has 0 bridgehead atoms. The van der Waals surface area contributed by atoms with Crippen LogP contribution in [0, 0.1) is 0 Å². The van der Waals surface area contributed by atoms with E-state index >= 15 is 0 Å². The molecule has 1 aliphatic rings. The van der Waals surface area contributed by atoms with Crippen LogP contribution in [-0.2, 0) is 11.2 Å². The number of thiophene rings is 1. The molecule has 2 atom stereocenters. The van der Waals surface area contributed by atoms with Crippen LogP contribution in [0.1, 0.15) is 38.3 Å². The maximum absolute atomic E-state index is 13.5. The Balaban J connectivity index is 1.57. The van der Waals surface area contributed by atoms with E-state index in [0.29, 0.717) is 18.5 Å². The van der Waals surface area contributed by atoms with Crippen LogP contribution in [0.5, 0.6) is 11.5 Å². The van der Waals surface area contributed by atoms with E-state index in [1.54, 1.807) is 43.6 Å². The average Bonchev–Trinajstić information content (AvgIpc) is 3.35. The molecule has 2 heterocycles. The second kappa shape index (κ2) is 9.44. The van der Waals surface area contributed by atoms with Crippen molar-refractivity contribution in [2.75, 3.05) is 27.8 Å². The van der Waals surface area contributed by atoms with Gasteiger partial charge in [0.1, 0.15) is 11.5 Å². The van der Waals surface area contributed by atoms with Crippen molar-refractivity contribution < 1.29 is 19.1 Å². The number of amides is 2. The highest BCUT2D eigenvalue weighted by Crippen LogP contribution is 2.43. The summed E-state index contributed by atoms with van der Waals surface area (Å²) in [6.07, 6.45) is 0.617. The van der Waals surface area contributed by atoms with E-state index in [0.717, 1.165) is 27.5 Å². The fourth-order valence-electron chi connectivity index (χ4n) is 4.26. The molecule has 1 aliphatic heterocycles. The minimum Gasteiger partial charge on any atom is -0.497 e. The maximum atomic E-state index is 13.5. The van der Waals surface area contributed by atoms with Crippen molar-refractivity contribution in [1.29, 1.82) is 0 Å². The minimum atomic E-state index is -0.481. The van der Waals surface area contributed by atoms with Crippen molar-refractivity contribution >= 4 is 23.2 Å². The number of carbonyl (C=O) groups is 2. The van der Waals surface area contributed by atoms with Gasteiger partial charge in [-0.3, -0.25) is 9.59 Å². The highest BCUT2D eigenvalue weighted by molar-refractivity contribution is 7.10. The van der Waals surface area contributed by atoms with Crippen molar-refractivity contribution in [3.05, 3.63) is 81.5 Å². The second-order valence-corrected chi connectivity index (χ2v) is 8.64. The van der Waals surface area contributed by atoms with Crippen molar-refractivity contribution in [3.63, 3.8) is 0 Å². The summed E-state index contributed by atoms with van der Waals surface area (Å²) in [4.78, 5) is 29.1. The lowest BCUT2D eigenvalue weighted by atomic mass is 9.81. The van der Waals surface area contributed by atoms with E-state index < -0.39 is 5.92 Å². The number of likely N-dealkylation sites (N-methyl/N-ethyl adjacent to an activating group) is 1. The first-order valence-electron chi connectivity index (χ1n) is 10.4. The lowest BCUT2D eigenvalue weighted by molar-refractivity contribution is -0.124. The first kappa shape index (κ1) is 21.9. The molecule has 2 aromatic carbocycles. The Morgan fingerprint density at radius 3 is 2.62 bits per heavy atom. The first-order valence-corrected chi connectivity index (χ1v) is 11.3. The van der Waals surface area contributed by atoms with Crippen LogP contribution in [-0.4, -0.2) is 44.5 Å². The fourth-order valence-corrected chi connectivity index (χ4v) is 5.17. The molecule has 3 aromatic rings. The monoisotopic (exact) mass is 450 g/mol. The first-order chi connectivity index (χ1) is 15.5. The summed E-state index contributed by atoms with van der Waals surface area (Å²) >= 11 is 1.56. The Labute approximate surface area is 191 Å². The lowest BCUT2D eigenvalue weighted by Crippen LogP contribution is -2.45.